The highest BCUT2D eigenvalue weighted by molar-refractivity contribution is 5.57. The Morgan fingerprint density at radius 3 is 2.30 bits per heavy atom. The molecule has 0 spiro atoms. The van der Waals surface area contributed by atoms with Gasteiger partial charge in [0.25, 0.3) is 0 Å². The summed E-state index contributed by atoms with van der Waals surface area (Å²) in [6.07, 6.45) is 1.12. The highest BCUT2D eigenvalue weighted by Crippen LogP contribution is 2.15. The lowest BCUT2D eigenvalue weighted by molar-refractivity contribution is 0.647. The molecule has 2 aromatic rings. The van der Waals surface area contributed by atoms with Gasteiger partial charge in [0, 0.05) is 6.54 Å². The van der Waals surface area contributed by atoms with E-state index in [9.17, 15) is 0 Å². The third-order valence-electron chi connectivity index (χ3n) is 3.20. The fourth-order valence-electron chi connectivity index (χ4n) is 2.20. The monoisotopic (exact) mass is 264 g/mol. The van der Waals surface area contributed by atoms with E-state index in [1.165, 1.54) is 11.1 Å². The molecule has 0 saturated carbocycles. The SMILES string of the molecule is CC(C)Cc1ccc(CNc2ccccc2C#N)cc1. The first-order valence-corrected chi connectivity index (χ1v) is 7.00. The highest BCUT2D eigenvalue weighted by atomic mass is 14.9. The smallest absolute Gasteiger partial charge is 0.101 e. The second kappa shape index (κ2) is 6.77. The van der Waals surface area contributed by atoms with Crippen molar-refractivity contribution < 1.29 is 0 Å². The van der Waals surface area contributed by atoms with Crippen molar-refractivity contribution >= 4 is 5.69 Å². The van der Waals surface area contributed by atoms with E-state index in [1.807, 2.05) is 24.3 Å². The number of rotatable bonds is 5. The van der Waals surface area contributed by atoms with E-state index in [0.29, 0.717) is 11.5 Å². The summed E-state index contributed by atoms with van der Waals surface area (Å²) in [5.41, 5.74) is 4.18. The van der Waals surface area contributed by atoms with Crippen LogP contribution >= 0.6 is 0 Å². The van der Waals surface area contributed by atoms with Crippen LogP contribution in [0, 0.1) is 17.2 Å². The third-order valence-corrected chi connectivity index (χ3v) is 3.20. The van der Waals surface area contributed by atoms with Gasteiger partial charge in [0.05, 0.1) is 11.3 Å². The number of hydrogen-bond acceptors (Lipinski definition) is 2. The Morgan fingerprint density at radius 2 is 1.65 bits per heavy atom. The summed E-state index contributed by atoms with van der Waals surface area (Å²) in [7, 11) is 0. The minimum absolute atomic E-state index is 0.682. The van der Waals surface area contributed by atoms with Gasteiger partial charge in [-0.05, 0) is 35.6 Å². The first kappa shape index (κ1) is 14.1. The summed E-state index contributed by atoms with van der Waals surface area (Å²) in [6.45, 7) is 5.20. The summed E-state index contributed by atoms with van der Waals surface area (Å²) < 4.78 is 0. The van der Waals surface area contributed by atoms with Crippen LogP contribution in [0.25, 0.3) is 0 Å². The number of nitrogens with zero attached hydrogens (tertiary/aromatic N) is 1. The molecular formula is C18H20N2. The highest BCUT2D eigenvalue weighted by Gasteiger charge is 2.01. The van der Waals surface area contributed by atoms with Crippen LogP contribution in [0.4, 0.5) is 5.69 Å². The van der Waals surface area contributed by atoms with Gasteiger partial charge in [0.15, 0.2) is 0 Å². The van der Waals surface area contributed by atoms with Crippen molar-refractivity contribution in [1.82, 2.24) is 0 Å². The van der Waals surface area contributed by atoms with Gasteiger partial charge < -0.3 is 5.32 Å². The molecule has 0 aliphatic rings. The maximum absolute atomic E-state index is 9.05. The zero-order valence-electron chi connectivity index (χ0n) is 12.1. The molecule has 2 aromatic carbocycles. The number of nitrogens with one attached hydrogen (secondary N) is 1. The van der Waals surface area contributed by atoms with Crippen LogP contribution in [-0.2, 0) is 13.0 Å². The van der Waals surface area contributed by atoms with E-state index in [-0.39, 0.29) is 0 Å². The minimum atomic E-state index is 0.682. The molecule has 2 nitrogen and oxygen atoms in total. The van der Waals surface area contributed by atoms with Gasteiger partial charge in [0.2, 0.25) is 0 Å². The van der Waals surface area contributed by atoms with Crippen LogP contribution in [-0.4, -0.2) is 0 Å². The lowest BCUT2D eigenvalue weighted by atomic mass is 10.0. The van der Waals surface area contributed by atoms with Crippen LogP contribution < -0.4 is 5.32 Å². The zero-order valence-corrected chi connectivity index (χ0v) is 12.1. The maximum atomic E-state index is 9.05. The largest absolute Gasteiger partial charge is 0.380 e. The topological polar surface area (TPSA) is 35.8 Å². The normalized spacial score (nSPS) is 10.3. The molecule has 2 heteroatoms. The molecule has 1 N–H and O–H groups in total. The fraction of sp³-hybridized carbons (Fsp3) is 0.278. The molecule has 102 valence electrons. The zero-order chi connectivity index (χ0) is 14.4. The second-order valence-corrected chi connectivity index (χ2v) is 5.43. The Hall–Kier alpha value is -2.27. The average Bonchev–Trinajstić information content (AvgIpc) is 2.46. The molecule has 0 unspecified atom stereocenters. The number of hydrogen-bond donors (Lipinski definition) is 1. The van der Waals surface area contributed by atoms with E-state index in [0.717, 1.165) is 18.7 Å². The van der Waals surface area contributed by atoms with Gasteiger partial charge in [0.1, 0.15) is 6.07 Å². The van der Waals surface area contributed by atoms with Crippen molar-refractivity contribution in [1.29, 1.82) is 5.26 Å². The van der Waals surface area contributed by atoms with Crippen molar-refractivity contribution in [3.8, 4) is 6.07 Å². The maximum Gasteiger partial charge on any atom is 0.101 e. The Labute approximate surface area is 121 Å². The van der Waals surface area contributed by atoms with Gasteiger partial charge >= 0.3 is 0 Å². The first-order chi connectivity index (χ1) is 9.69. The standard InChI is InChI=1S/C18H20N2/c1-14(2)11-15-7-9-16(10-8-15)13-20-18-6-4-3-5-17(18)12-19/h3-10,14,20H,11,13H2,1-2H3. The van der Waals surface area contributed by atoms with Gasteiger partial charge in [-0.2, -0.15) is 5.26 Å². The van der Waals surface area contributed by atoms with Gasteiger partial charge in [-0.25, -0.2) is 0 Å². The summed E-state index contributed by atoms with van der Waals surface area (Å²) >= 11 is 0. The molecule has 0 amide bonds. The Balaban J connectivity index is 1.99. The number of para-hydroxylation sites is 1. The fourth-order valence-corrected chi connectivity index (χ4v) is 2.20. The van der Waals surface area contributed by atoms with E-state index in [2.05, 4.69) is 49.5 Å². The molecule has 0 radical (unpaired) electrons. The summed E-state index contributed by atoms with van der Waals surface area (Å²) in [5.74, 6) is 0.682. The first-order valence-electron chi connectivity index (χ1n) is 7.00. The van der Waals surface area contributed by atoms with Crippen LogP contribution in [0.2, 0.25) is 0 Å². The van der Waals surface area contributed by atoms with Gasteiger partial charge in [-0.1, -0.05) is 50.2 Å². The lowest BCUT2D eigenvalue weighted by Gasteiger charge is -2.09. The molecule has 2 rings (SSSR count). The molecule has 0 aliphatic heterocycles. The Bertz CT molecular complexity index is 592. The van der Waals surface area contributed by atoms with Gasteiger partial charge in [-0.15, -0.1) is 0 Å². The molecule has 0 fully saturated rings. The minimum Gasteiger partial charge on any atom is -0.380 e. The molecule has 0 heterocycles. The van der Waals surface area contributed by atoms with E-state index in [4.69, 9.17) is 5.26 Å². The second-order valence-electron chi connectivity index (χ2n) is 5.43. The Morgan fingerprint density at radius 1 is 1.00 bits per heavy atom. The lowest BCUT2D eigenvalue weighted by Crippen LogP contribution is -2.01. The van der Waals surface area contributed by atoms with E-state index >= 15 is 0 Å². The van der Waals surface area contributed by atoms with Crippen molar-refractivity contribution in [2.75, 3.05) is 5.32 Å². The molecule has 20 heavy (non-hydrogen) atoms. The third kappa shape index (κ3) is 3.86. The molecular weight excluding hydrogens is 244 g/mol. The number of benzene rings is 2. The predicted molar refractivity (Wildman–Crippen MR) is 83.5 cm³/mol. The summed E-state index contributed by atoms with van der Waals surface area (Å²) in [4.78, 5) is 0. The molecule has 0 bridgehead atoms. The molecule has 0 aromatic heterocycles. The number of anilines is 1. The molecule has 0 aliphatic carbocycles. The molecule has 0 atom stereocenters. The summed E-state index contributed by atoms with van der Waals surface area (Å²) in [6, 6.07) is 18.5. The van der Waals surface area contributed by atoms with Crippen LogP contribution in [0.3, 0.4) is 0 Å². The van der Waals surface area contributed by atoms with E-state index < -0.39 is 0 Å². The molecule has 0 saturated heterocycles. The quantitative estimate of drug-likeness (QED) is 0.870. The van der Waals surface area contributed by atoms with Crippen molar-refractivity contribution in [2.24, 2.45) is 5.92 Å². The van der Waals surface area contributed by atoms with E-state index in [1.54, 1.807) is 0 Å². The summed E-state index contributed by atoms with van der Waals surface area (Å²) in [5, 5.41) is 12.4. The van der Waals surface area contributed by atoms with Gasteiger partial charge in [-0.3, -0.25) is 0 Å². The van der Waals surface area contributed by atoms with Crippen LogP contribution in [0.15, 0.2) is 48.5 Å². The Kier molecular flexibility index (Phi) is 4.79. The predicted octanol–water partition coefficient (Wildman–Crippen LogP) is 4.37. The van der Waals surface area contributed by atoms with Crippen molar-refractivity contribution in [3.63, 3.8) is 0 Å². The number of nitriles is 1. The van der Waals surface area contributed by atoms with Crippen molar-refractivity contribution in [2.45, 2.75) is 26.8 Å². The van der Waals surface area contributed by atoms with Crippen LogP contribution in [0.5, 0.6) is 0 Å². The van der Waals surface area contributed by atoms with Crippen molar-refractivity contribution in [3.05, 3.63) is 65.2 Å². The van der Waals surface area contributed by atoms with Crippen LogP contribution in [0.1, 0.15) is 30.5 Å². The average molecular weight is 264 g/mol.